The lowest BCUT2D eigenvalue weighted by Crippen LogP contribution is -2.14. The van der Waals surface area contributed by atoms with Crippen LogP contribution in [0.3, 0.4) is 0 Å². The van der Waals surface area contributed by atoms with E-state index in [2.05, 4.69) is 15.3 Å². The van der Waals surface area contributed by atoms with Gasteiger partial charge in [0.2, 0.25) is 5.82 Å². The monoisotopic (exact) mass is 266 g/mol. The van der Waals surface area contributed by atoms with Gasteiger partial charge in [0.05, 0.1) is 4.92 Å². The molecule has 0 aliphatic carbocycles. The zero-order chi connectivity index (χ0) is 13.1. The van der Waals surface area contributed by atoms with Crippen LogP contribution in [-0.4, -0.2) is 20.8 Å². The van der Waals surface area contributed by atoms with Crippen molar-refractivity contribution in [3.8, 4) is 0 Å². The van der Waals surface area contributed by atoms with E-state index in [-0.39, 0.29) is 22.4 Å². The molecule has 0 aliphatic rings. The molecule has 2 rings (SSSR count). The maximum Gasteiger partial charge on any atom is 0.311 e. The highest BCUT2D eigenvalue weighted by atomic mass is 35.5. The van der Waals surface area contributed by atoms with Gasteiger partial charge in [-0.25, -0.2) is 4.98 Å². The van der Waals surface area contributed by atoms with Gasteiger partial charge in [-0.3, -0.25) is 20.2 Å². The molecule has 0 saturated carbocycles. The van der Waals surface area contributed by atoms with E-state index < -0.39 is 10.8 Å². The van der Waals surface area contributed by atoms with Gasteiger partial charge in [0.25, 0.3) is 5.91 Å². The molecule has 0 fully saturated rings. The van der Waals surface area contributed by atoms with Gasteiger partial charge in [0.15, 0.2) is 0 Å². The number of aromatic amines is 1. The lowest BCUT2D eigenvalue weighted by molar-refractivity contribution is -0.384. The molecule has 8 heteroatoms. The zero-order valence-corrected chi connectivity index (χ0v) is 9.64. The number of hydrogen-bond acceptors (Lipinski definition) is 4. The highest BCUT2D eigenvalue weighted by molar-refractivity contribution is 6.29. The third-order valence-corrected chi connectivity index (χ3v) is 2.32. The standard InChI is InChI=1S/C10H7ClN4O3/c11-8-4-3-7(15(17)18)9(13-8)14-10(16)6-2-1-5-12-6/h1-5,12H,(H,13,14,16). The van der Waals surface area contributed by atoms with Crippen LogP contribution < -0.4 is 5.32 Å². The molecule has 2 aromatic rings. The minimum atomic E-state index is -0.645. The van der Waals surface area contributed by atoms with Crippen LogP contribution in [0.5, 0.6) is 0 Å². The van der Waals surface area contributed by atoms with E-state index >= 15 is 0 Å². The van der Waals surface area contributed by atoms with Crippen LogP contribution in [0.4, 0.5) is 11.5 Å². The number of aromatic nitrogens is 2. The number of H-pyrrole nitrogens is 1. The predicted molar refractivity (Wildman–Crippen MR) is 64.6 cm³/mol. The summed E-state index contributed by atoms with van der Waals surface area (Å²) in [5, 5.41) is 13.1. The molecular weight excluding hydrogens is 260 g/mol. The molecule has 7 nitrogen and oxygen atoms in total. The number of nitrogens with zero attached hydrogens (tertiary/aromatic N) is 2. The van der Waals surface area contributed by atoms with Crippen LogP contribution in [0.1, 0.15) is 10.5 Å². The second-order valence-electron chi connectivity index (χ2n) is 3.30. The number of halogens is 1. The molecule has 1 amide bonds. The number of nitrogens with one attached hydrogen (secondary N) is 2. The Bertz CT molecular complexity index is 597. The maximum absolute atomic E-state index is 11.7. The van der Waals surface area contributed by atoms with Gasteiger partial charge in [0, 0.05) is 12.3 Å². The van der Waals surface area contributed by atoms with Gasteiger partial charge < -0.3 is 4.98 Å². The fourth-order valence-electron chi connectivity index (χ4n) is 1.31. The zero-order valence-electron chi connectivity index (χ0n) is 8.88. The van der Waals surface area contributed by atoms with Crippen LogP contribution in [0.25, 0.3) is 0 Å². The second-order valence-corrected chi connectivity index (χ2v) is 3.68. The van der Waals surface area contributed by atoms with Crippen molar-refractivity contribution >= 4 is 29.0 Å². The normalized spacial score (nSPS) is 10.1. The van der Waals surface area contributed by atoms with E-state index in [1.165, 1.54) is 18.2 Å². The van der Waals surface area contributed by atoms with Crippen LogP contribution in [0, 0.1) is 10.1 Å². The number of carbonyl (C=O) groups is 1. The summed E-state index contributed by atoms with van der Waals surface area (Å²) < 4.78 is 0. The topological polar surface area (TPSA) is 101 Å². The fraction of sp³-hybridized carbons (Fsp3) is 0. The molecule has 0 aromatic carbocycles. The first-order valence-corrected chi connectivity index (χ1v) is 5.21. The van der Waals surface area contributed by atoms with Crippen molar-refractivity contribution in [1.82, 2.24) is 9.97 Å². The van der Waals surface area contributed by atoms with Gasteiger partial charge in [-0.15, -0.1) is 0 Å². The summed E-state index contributed by atoms with van der Waals surface area (Å²) in [6, 6.07) is 5.63. The Labute approximate surface area is 106 Å². The molecule has 0 bridgehead atoms. The van der Waals surface area contributed by atoms with Crippen LogP contribution in [0.2, 0.25) is 5.15 Å². The minimum Gasteiger partial charge on any atom is -0.357 e. The molecule has 0 radical (unpaired) electrons. The maximum atomic E-state index is 11.7. The van der Waals surface area contributed by atoms with Crippen molar-refractivity contribution < 1.29 is 9.72 Å². The smallest absolute Gasteiger partial charge is 0.311 e. The number of pyridine rings is 1. The summed E-state index contributed by atoms with van der Waals surface area (Å²) in [7, 11) is 0. The summed E-state index contributed by atoms with van der Waals surface area (Å²) in [4.78, 5) is 28.2. The Balaban J connectivity index is 2.31. The molecule has 18 heavy (non-hydrogen) atoms. The Hall–Kier alpha value is -2.41. The van der Waals surface area contributed by atoms with Gasteiger partial charge in [-0.05, 0) is 18.2 Å². The summed E-state index contributed by atoms with van der Waals surface area (Å²) in [6.45, 7) is 0. The molecule has 2 aromatic heterocycles. The van der Waals surface area contributed by atoms with Crippen molar-refractivity contribution in [1.29, 1.82) is 0 Å². The minimum absolute atomic E-state index is 0.0578. The highest BCUT2D eigenvalue weighted by Crippen LogP contribution is 2.24. The van der Waals surface area contributed by atoms with Gasteiger partial charge in [-0.1, -0.05) is 11.6 Å². The molecule has 2 N–H and O–H groups in total. The fourth-order valence-corrected chi connectivity index (χ4v) is 1.46. The van der Waals surface area contributed by atoms with E-state index in [4.69, 9.17) is 11.6 Å². The SMILES string of the molecule is O=C(Nc1nc(Cl)ccc1[N+](=O)[O-])c1ccc[nH]1. The molecular formula is C10H7ClN4O3. The predicted octanol–water partition coefficient (Wildman–Crippen LogP) is 2.22. The molecule has 0 unspecified atom stereocenters. The Morgan fingerprint density at radius 2 is 2.22 bits per heavy atom. The molecule has 0 atom stereocenters. The van der Waals surface area contributed by atoms with Crippen molar-refractivity contribution in [2.24, 2.45) is 0 Å². The average Bonchev–Trinajstić information content (AvgIpc) is 2.81. The average molecular weight is 267 g/mol. The summed E-state index contributed by atoms with van der Waals surface area (Å²) in [6.07, 6.45) is 1.56. The molecule has 0 saturated heterocycles. The quantitative estimate of drug-likeness (QED) is 0.505. The first kappa shape index (κ1) is 12.1. The molecule has 2 heterocycles. The number of anilines is 1. The van der Waals surface area contributed by atoms with E-state index in [0.29, 0.717) is 0 Å². The van der Waals surface area contributed by atoms with Crippen LogP contribution in [0.15, 0.2) is 30.5 Å². The number of amides is 1. The Morgan fingerprint density at radius 1 is 1.44 bits per heavy atom. The van der Waals surface area contributed by atoms with Gasteiger partial charge in [-0.2, -0.15) is 0 Å². The van der Waals surface area contributed by atoms with E-state index in [1.807, 2.05) is 0 Å². The van der Waals surface area contributed by atoms with Crippen LogP contribution >= 0.6 is 11.6 Å². The lowest BCUT2D eigenvalue weighted by atomic mass is 10.3. The molecule has 92 valence electrons. The molecule has 0 aliphatic heterocycles. The van der Waals surface area contributed by atoms with Crippen LogP contribution in [-0.2, 0) is 0 Å². The van der Waals surface area contributed by atoms with Crippen molar-refractivity contribution in [3.63, 3.8) is 0 Å². The second kappa shape index (κ2) is 4.84. The van der Waals surface area contributed by atoms with Crippen molar-refractivity contribution in [2.45, 2.75) is 0 Å². The third-order valence-electron chi connectivity index (χ3n) is 2.11. The van der Waals surface area contributed by atoms with Gasteiger partial charge in [0.1, 0.15) is 10.8 Å². The third kappa shape index (κ3) is 2.46. The summed E-state index contributed by atoms with van der Waals surface area (Å²) in [5.41, 5.74) is -0.0506. The largest absolute Gasteiger partial charge is 0.357 e. The first-order chi connectivity index (χ1) is 8.58. The first-order valence-electron chi connectivity index (χ1n) is 4.83. The van der Waals surface area contributed by atoms with Crippen molar-refractivity contribution in [3.05, 3.63) is 51.4 Å². The lowest BCUT2D eigenvalue weighted by Gasteiger charge is -2.04. The Kier molecular flexibility index (Phi) is 3.24. The summed E-state index contributed by atoms with van der Waals surface area (Å²) in [5.74, 6) is -0.718. The number of rotatable bonds is 3. The van der Waals surface area contributed by atoms with Gasteiger partial charge >= 0.3 is 5.69 Å². The van der Waals surface area contributed by atoms with E-state index in [1.54, 1.807) is 12.3 Å². The summed E-state index contributed by atoms with van der Waals surface area (Å²) >= 11 is 5.64. The van der Waals surface area contributed by atoms with E-state index in [9.17, 15) is 14.9 Å². The highest BCUT2D eigenvalue weighted by Gasteiger charge is 2.18. The number of carbonyl (C=O) groups excluding carboxylic acids is 1. The number of nitro groups is 1. The van der Waals surface area contributed by atoms with Crippen molar-refractivity contribution in [2.75, 3.05) is 5.32 Å². The number of hydrogen-bond donors (Lipinski definition) is 2. The van der Waals surface area contributed by atoms with E-state index in [0.717, 1.165) is 0 Å². The Morgan fingerprint density at radius 3 is 2.83 bits per heavy atom. The molecule has 0 spiro atoms.